The molecule has 0 aliphatic carbocycles. The lowest BCUT2D eigenvalue weighted by atomic mass is 10.2. The third-order valence-electron chi connectivity index (χ3n) is 2.88. The number of anilines is 1. The fraction of sp³-hybridized carbons (Fsp3) is 0.267. The molecule has 0 radical (unpaired) electrons. The summed E-state index contributed by atoms with van der Waals surface area (Å²) >= 11 is 1.37. The average molecular weight is 302 g/mol. The van der Waals surface area contributed by atoms with Crippen LogP contribution in [0.3, 0.4) is 0 Å². The van der Waals surface area contributed by atoms with Crippen LogP contribution in [0.2, 0.25) is 0 Å². The Morgan fingerprint density at radius 3 is 2.71 bits per heavy atom. The largest absolute Gasteiger partial charge is 0.325 e. The van der Waals surface area contributed by atoms with E-state index in [2.05, 4.69) is 22.1 Å². The van der Waals surface area contributed by atoms with Crippen LogP contribution in [0, 0.1) is 13.8 Å². The van der Waals surface area contributed by atoms with Crippen LogP contribution in [0.15, 0.2) is 42.1 Å². The number of aromatic nitrogens is 3. The highest BCUT2D eigenvalue weighted by molar-refractivity contribution is 7.99. The zero-order valence-corrected chi connectivity index (χ0v) is 13.0. The maximum Gasteiger partial charge on any atom is 0.234 e. The van der Waals surface area contributed by atoms with Gasteiger partial charge in [-0.1, -0.05) is 35.5 Å². The number of rotatable bonds is 6. The van der Waals surface area contributed by atoms with E-state index in [1.165, 1.54) is 11.8 Å². The maximum atomic E-state index is 11.9. The molecular formula is C15H18N4OS. The number of hydrogen-bond acceptors (Lipinski definition) is 4. The molecule has 0 aliphatic rings. The van der Waals surface area contributed by atoms with Crippen molar-refractivity contribution >= 4 is 23.4 Å². The highest BCUT2D eigenvalue weighted by Crippen LogP contribution is 2.17. The molecule has 110 valence electrons. The highest BCUT2D eigenvalue weighted by Gasteiger charge is 2.10. The van der Waals surface area contributed by atoms with E-state index in [9.17, 15) is 4.79 Å². The summed E-state index contributed by atoms with van der Waals surface area (Å²) < 4.78 is 1.93. The van der Waals surface area contributed by atoms with E-state index in [0.717, 1.165) is 22.2 Å². The average Bonchev–Trinajstić information content (AvgIpc) is 2.81. The van der Waals surface area contributed by atoms with Crippen LogP contribution in [0.25, 0.3) is 0 Å². The number of aryl methyl sites for hydroxylation is 2. The van der Waals surface area contributed by atoms with Crippen LogP contribution in [0.1, 0.15) is 11.4 Å². The van der Waals surface area contributed by atoms with Gasteiger partial charge < -0.3 is 9.88 Å². The number of allylic oxidation sites excluding steroid dienone is 1. The molecule has 5 nitrogen and oxygen atoms in total. The standard InChI is InChI=1S/C15H18N4OS/c1-4-9-19-12(3)17-18-15(19)21-10-14(20)16-13-7-5-11(2)6-8-13/h4-8H,1,9-10H2,2-3H3,(H,16,20). The first kappa shape index (κ1) is 15.3. The van der Waals surface area contributed by atoms with Crippen molar-refractivity contribution in [3.63, 3.8) is 0 Å². The summed E-state index contributed by atoms with van der Waals surface area (Å²) in [6, 6.07) is 7.71. The molecule has 2 rings (SSSR count). The molecule has 0 bridgehead atoms. The lowest BCUT2D eigenvalue weighted by Crippen LogP contribution is -2.14. The maximum absolute atomic E-state index is 11.9. The van der Waals surface area contributed by atoms with Crippen LogP contribution in [-0.2, 0) is 11.3 Å². The Balaban J connectivity index is 1.92. The fourth-order valence-electron chi connectivity index (χ4n) is 1.77. The monoisotopic (exact) mass is 302 g/mol. The summed E-state index contributed by atoms with van der Waals surface area (Å²) in [5.41, 5.74) is 1.96. The van der Waals surface area contributed by atoms with E-state index in [4.69, 9.17) is 0 Å². The molecule has 1 amide bonds. The number of carbonyl (C=O) groups excluding carboxylic acids is 1. The predicted molar refractivity (Wildman–Crippen MR) is 85.5 cm³/mol. The molecule has 0 atom stereocenters. The Bertz CT molecular complexity index is 634. The van der Waals surface area contributed by atoms with Gasteiger partial charge in [0.05, 0.1) is 5.75 Å². The molecule has 0 aliphatic heterocycles. The first-order chi connectivity index (χ1) is 10.1. The van der Waals surface area contributed by atoms with Crippen LogP contribution < -0.4 is 5.32 Å². The van der Waals surface area contributed by atoms with Crippen LogP contribution >= 0.6 is 11.8 Å². The normalized spacial score (nSPS) is 10.4. The number of nitrogens with one attached hydrogen (secondary N) is 1. The smallest absolute Gasteiger partial charge is 0.234 e. The Hall–Kier alpha value is -2.08. The van der Waals surface area contributed by atoms with Gasteiger partial charge in [0.15, 0.2) is 5.16 Å². The van der Waals surface area contributed by atoms with Crippen molar-refractivity contribution < 1.29 is 4.79 Å². The van der Waals surface area contributed by atoms with Gasteiger partial charge in [0, 0.05) is 12.2 Å². The third kappa shape index (κ3) is 4.19. The van der Waals surface area contributed by atoms with Gasteiger partial charge in [-0.05, 0) is 26.0 Å². The number of amides is 1. The molecule has 0 fully saturated rings. The second-order valence-electron chi connectivity index (χ2n) is 4.63. The van der Waals surface area contributed by atoms with Gasteiger partial charge >= 0.3 is 0 Å². The molecule has 1 heterocycles. The molecule has 21 heavy (non-hydrogen) atoms. The number of benzene rings is 1. The van der Waals surface area contributed by atoms with Crippen molar-refractivity contribution in [2.24, 2.45) is 0 Å². The Morgan fingerprint density at radius 1 is 1.33 bits per heavy atom. The molecule has 0 unspecified atom stereocenters. The number of thioether (sulfide) groups is 1. The minimum absolute atomic E-state index is 0.0605. The molecular weight excluding hydrogens is 284 g/mol. The van der Waals surface area contributed by atoms with E-state index in [-0.39, 0.29) is 5.91 Å². The molecule has 6 heteroatoms. The van der Waals surface area contributed by atoms with Crippen molar-refractivity contribution in [1.82, 2.24) is 14.8 Å². The second-order valence-corrected chi connectivity index (χ2v) is 5.57. The van der Waals surface area contributed by atoms with E-state index in [1.54, 1.807) is 6.08 Å². The van der Waals surface area contributed by atoms with Crippen LogP contribution in [0.4, 0.5) is 5.69 Å². The van der Waals surface area contributed by atoms with Gasteiger partial charge in [0.25, 0.3) is 0 Å². The molecule has 1 aromatic carbocycles. The summed E-state index contributed by atoms with van der Waals surface area (Å²) in [6.45, 7) is 8.24. The lowest BCUT2D eigenvalue weighted by Gasteiger charge is -2.06. The van der Waals surface area contributed by atoms with Gasteiger partial charge in [-0.15, -0.1) is 16.8 Å². The Kier molecular flexibility index (Phi) is 5.16. The van der Waals surface area contributed by atoms with E-state index in [1.807, 2.05) is 42.7 Å². The van der Waals surface area contributed by atoms with Crippen molar-refractivity contribution in [3.05, 3.63) is 48.3 Å². The zero-order chi connectivity index (χ0) is 15.2. The lowest BCUT2D eigenvalue weighted by molar-refractivity contribution is -0.113. The predicted octanol–water partition coefficient (Wildman–Crippen LogP) is 2.81. The van der Waals surface area contributed by atoms with Crippen molar-refractivity contribution in [3.8, 4) is 0 Å². The minimum atomic E-state index is -0.0605. The van der Waals surface area contributed by atoms with E-state index < -0.39 is 0 Å². The topological polar surface area (TPSA) is 59.8 Å². The summed E-state index contributed by atoms with van der Waals surface area (Å²) in [4.78, 5) is 11.9. The quantitative estimate of drug-likeness (QED) is 0.658. The third-order valence-corrected chi connectivity index (χ3v) is 3.85. The fourth-order valence-corrected chi connectivity index (χ4v) is 2.57. The molecule has 1 aromatic heterocycles. The van der Waals surface area contributed by atoms with Gasteiger partial charge in [-0.2, -0.15) is 0 Å². The summed E-state index contributed by atoms with van der Waals surface area (Å²) in [5.74, 6) is 1.05. The zero-order valence-electron chi connectivity index (χ0n) is 12.2. The van der Waals surface area contributed by atoms with Gasteiger partial charge in [0.2, 0.25) is 5.91 Å². The number of nitrogens with zero attached hydrogens (tertiary/aromatic N) is 3. The van der Waals surface area contributed by atoms with Gasteiger partial charge in [-0.3, -0.25) is 4.79 Å². The minimum Gasteiger partial charge on any atom is -0.325 e. The summed E-state index contributed by atoms with van der Waals surface area (Å²) in [7, 11) is 0. The summed E-state index contributed by atoms with van der Waals surface area (Å²) in [5, 5.41) is 11.7. The molecule has 0 spiro atoms. The van der Waals surface area contributed by atoms with Crippen LogP contribution in [-0.4, -0.2) is 26.4 Å². The van der Waals surface area contributed by atoms with Crippen molar-refractivity contribution in [1.29, 1.82) is 0 Å². The van der Waals surface area contributed by atoms with E-state index in [0.29, 0.717) is 12.3 Å². The summed E-state index contributed by atoms with van der Waals surface area (Å²) in [6.07, 6.45) is 1.78. The SMILES string of the molecule is C=CCn1c(C)nnc1SCC(=O)Nc1ccc(C)cc1. The molecule has 2 aromatic rings. The number of hydrogen-bond donors (Lipinski definition) is 1. The van der Waals surface area contributed by atoms with Gasteiger partial charge in [0.1, 0.15) is 5.82 Å². The first-order valence-electron chi connectivity index (χ1n) is 6.60. The van der Waals surface area contributed by atoms with Crippen molar-refractivity contribution in [2.75, 3.05) is 11.1 Å². The number of carbonyl (C=O) groups is 1. The second kappa shape index (κ2) is 7.08. The molecule has 0 saturated carbocycles. The first-order valence-corrected chi connectivity index (χ1v) is 7.58. The van der Waals surface area contributed by atoms with Gasteiger partial charge in [-0.25, -0.2) is 0 Å². The molecule has 1 N–H and O–H groups in total. The Morgan fingerprint density at radius 2 is 2.05 bits per heavy atom. The Labute approximate surface area is 128 Å². The highest BCUT2D eigenvalue weighted by atomic mass is 32.2. The van der Waals surface area contributed by atoms with Crippen LogP contribution in [0.5, 0.6) is 0 Å². The molecule has 0 saturated heterocycles. The van der Waals surface area contributed by atoms with E-state index >= 15 is 0 Å². The van der Waals surface area contributed by atoms with Crippen molar-refractivity contribution in [2.45, 2.75) is 25.5 Å².